The van der Waals surface area contributed by atoms with Crippen molar-refractivity contribution >= 4 is 5.78 Å². The third kappa shape index (κ3) is 56.9. The highest BCUT2D eigenvalue weighted by Crippen LogP contribution is 1.50. The summed E-state index contributed by atoms with van der Waals surface area (Å²) in [5, 5.41) is 0. The van der Waals surface area contributed by atoms with E-state index in [2.05, 4.69) is 13.2 Å². The van der Waals surface area contributed by atoms with Crippen molar-refractivity contribution in [3.63, 3.8) is 0 Å². The number of carbonyl (C=O) groups is 1. The predicted octanol–water partition coefficient (Wildman–Crippen LogP) is 1.40. The Kier molecular flexibility index (Phi) is 13.3. The van der Waals surface area contributed by atoms with Gasteiger partial charge in [-0.05, 0) is 13.8 Å². The molecule has 0 fully saturated rings. The summed E-state index contributed by atoms with van der Waals surface area (Å²) in [7, 11) is 0. The van der Waals surface area contributed by atoms with E-state index in [1.807, 2.05) is 0 Å². The smallest absolute Gasteiger partial charge is 0.126 e. The van der Waals surface area contributed by atoms with Gasteiger partial charge in [0, 0.05) is 0 Å². The van der Waals surface area contributed by atoms with Crippen molar-refractivity contribution in [2.75, 3.05) is 0 Å². The van der Waals surface area contributed by atoms with Crippen molar-refractivity contribution in [1.29, 1.82) is 0 Å². The minimum Gasteiger partial charge on any atom is -0.300 e. The second-order valence-electron chi connectivity index (χ2n) is 0.908. The Morgan fingerprint density at radius 2 is 1.33 bits per heavy atom. The summed E-state index contributed by atoms with van der Waals surface area (Å²) in [6.45, 7) is 9.06. The van der Waals surface area contributed by atoms with Crippen LogP contribution in [0.15, 0.2) is 13.2 Å². The maximum atomic E-state index is 9.44. The number of Topliss-reactive ketones (excluding diaryl/α,β-unsaturated/α-hetero) is 1. The molecule has 0 saturated heterocycles. The number of rotatable bonds is 0. The fraction of sp³-hybridized carbons (Fsp3) is 0.400. The number of carbonyl (C=O) groups excluding carboxylic acids is 1. The molecule has 0 N–H and O–H groups in total. The molecule has 0 aliphatic heterocycles. The molecule has 0 aliphatic carbocycles. The molecule has 0 aromatic rings. The molecule has 0 aromatic heterocycles. The van der Waals surface area contributed by atoms with Crippen LogP contribution >= 0.6 is 0 Å². The first-order valence-electron chi connectivity index (χ1n) is 1.70. The lowest BCUT2D eigenvalue weighted by Crippen LogP contribution is -1.69. The van der Waals surface area contributed by atoms with E-state index in [0.29, 0.717) is 0 Å². The van der Waals surface area contributed by atoms with Crippen LogP contribution in [0.1, 0.15) is 13.8 Å². The van der Waals surface area contributed by atoms with E-state index in [1.165, 1.54) is 13.8 Å². The molecule has 0 aliphatic rings. The Morgan fingerprint density at radius 3 is 1.33 bits per heavy atom. The number of hydrogen-bond acceptors (Lipinski definition) is 1. The molecule has 0 aromatic carbocycles. The number of hydrogen-bond donors (Lipinski definition) is 0. The SMILES string of the molecule is C=C.CC(C)=O. The molecule has 0 amide bonds. The second-order valence-corrected chi connectivity index (χ2v) is 0.908. The summed E-state index contributed by atoms with van der Waals surface area (Å²) < 4.78 is 0. The van der Waals surface area contributed by atoms with E-state index >= 15 is 0 Å². The van der Waals surface area contributed by atoms with Gasteiger partial charge in [-0.25, -0.2) is 0 Å². The van der Waals surface area contributed by atoms with Crippen LogP contribution in [0.25, 0.3) is 0 Å². The lowest BCUT2D eigenvalue weighted by molar-refractivity contribution is -0.114. The Labute approximate surface area is 38.7 Å². The highest BCUT2D eigenvalue weighted by molar-refractivity contribution is 5.72. The highest BCUT2D eigenvalue weighted by Gasteiger charge is 1.62. The van der Waals surface area contributed by atoms with E-state index in [4.69, 9.17) is 0 Å². The van der Waals surface area contributed by atoms with E-state index in [-0.39, 0.29) is 5.78 Å². The Balaban J connectivity index is 0. The second kappa shape index (κ2) is 8.83. The molecule has 0 radical (unpaired) electrons. The molecule has 1 heteroatoms. The van der Waals surface area contributed by atoms with Crippen LogP contribution in [0.5, 0.6) is 0 Å². The molecule has 0 heterocycles. The summed E-state index contributed by atoms with van der Waals surface area (Å²) in [5.41, 5.74) is 0. The first kappa shape index (κ1) is 9.05. The van der Waals surface area contributed by atoms with E-state index in [0.717, 1.165) is 0 Å². The fourth-order valence-corrected chi connectivity index (χ4v) is 0. The van der Waals surface area contributed by atoms with Crippen LogP contribution in [0.2, 0.25) is 0 Å². The van der Waals surface area contributed by atoms with E-state index < -0.39 is 0 Å². The van der Waals surface area contributed by atoms with Crippen LogP contribution in [-0.4, -0.2) is 5.78 Å². The minimum absolute atomic E-state index is 0.167. The van der Waals surface area contributed by atoms with E-state index in [1.54, 1.807) is 0 Å². The van der Waals surface area contributed by atoms with Gasteiger partial charge in [0.05, 0.1) is 0 Å². The van der Waals surface area contributed by atoms with Gasteiger partial charge in [0.25, 0.3) is 0 Å². The maximum Gasteiger partial charge on any atom is 0.126 e. The average Bonchev–Trinajstić information content (AvgIpc) is 1.41. The summed E-state index contributed by atoms with van der Waals surface area (Å²) in [5.74, 6) is 0.167. The Hall–Kier alpha value is -0.590. The summed E-state index contributed by atoms with van der Waals surface area (Å²) in [6, 6.07) is 0. The zero-order valence-corrected chi connectivity index (χ0v) is 4.32. The molecular formula is C5H10O. The molecule has 0 unspecified atom stereocenters. The van der Waals surface area contributed by atoms with Gasteiger partial charge in [-0.1, -0.05) is 0 Å². The lowest BCUT2D eigenvalue weighted by Gasteiger charge is -1.56. The first-order chi connectivity index (χ1) is 2.73. The summed E-state index contributed by atoms with van der Waals surface area (Å²) >= 11 is 0. The third-order valence-corrected chi connectivity index (χ3v) is 0. The topological polar surface area (TPSA) is 17.1 Å². The maximum absolute atomic E-state index is 9.44. The zero-order chi connectivity index (χ0) is 5.58. The molecule has 0 spiro atoms. The van der Waals surface area contributed by atoms with Crippen molar-refractivity contribution in [1.82, 2.24) is 0 Å². The molecule has 0 atom stereocenters. The van der Waals surface area contributed by atoms with Gasteiger partial charge in [0.15, 0.2) is 0 Å². The van der Waals surface area contributed by atoms with Gasteiger partial charge >= 0.3 is 0 Å². The zero-order valence-electron chi connectivity index (χ0n) is 4.32. The monoisotopic (exact) mass is 86.1 g/mol. The Bertz CT molecular complexity index is 35.2. The van der Waals surface area contributed by atoms with Gasteiger partial charge in [0.2, 0.25) is 0 Å². The van der Waals surface area contributed by atoms with Gasteiger partial charge < -0.3 is 4.79 Å². The minimum atomic E-state index is 0.167. The van der Waals surface area contributed by atoms with Crippen molar-refractivity contribution in [3.8, 4) is 0 Å². The van der Waals surface area contributed by atoms with Crippen molar-refractivity contribution in [2.24, 2.45) is 0 Å². The fourth-order valence-electron chi connectivity index (χ4n) is 0. The standard InChI is InChI=1S/C3H6O.C2H4/c1-3(2)4;1-2/h1-2H3;1-2H2. The van der Waals surface area contributed by atoms with Crippen LogP contribution in [0, 0.1) is 0 Å². The van der Waals surface area contributed by atoms with Crippen molar-refractivity contribution < 1.29 is 4.79 Å². The first-order valence-corrected chi connectivity index (χ1v) is 1.70. The number of ketones is 1. The van der Waals surface area contributed by atoms with Gasteiger partial charge in [-0.15, -0.1) is 13.2 Å². The molecule has 6 heavy (non-hydrogen) atoms. The molecule has 0 rings (SSSR count). The summed E-state index contributed by atoms with van der Waals surface area (Å²) in [6.07, 6.45) is 0. The van der Waals surface area contributed by atoms with Crippen LogP contribution in [0.3, 0.4) is 0 Å². The molecule has 0 bridgehead atoms. The van der Waals surface area contributed by atoms with E-state index in [9.17, 15) is 4.79 Å². The lowest BCUT2D eigenvalue weighted by atomic mass is 10.6. The third-order valence-electron chi connectivity index (χ3n) is 0. The Morgan fingerprint density at radius 1 is 1.33 bits per heavy atom. The molecule has 36 valence electrons. The van der Waals surface area contributed by atoms with Crippen LogP contribution < -0.4 is 0 Å². The molecule has 1 nitrogen and oxygen atoms in total. The molecule has 0 saturated carbocycles. The summed E-state index contributed by atoms with van der Waals surface area (Å²) in [4.78, 5) is 9.44. The average molecular weight is 86.1 g/mol. The van der Waals surface area contributed by atoms with Gasteiger partial charge in [-0.2, -0.15) is 0 Å². The largest absolute Gasteiger partial charge is 0.300 e. The quantitative estimate of drug-likeness (QED) is 0.407. The molecular weight excluding hydrogens is 76.1 g/mol. The van der Waals surface area contributed by atoms with Gasteiger partial charge in [-0.3, -0.25) is 0 Å². The normalized spacial score (nSPS) is 5.00. The van der Waals surface area contributed by atoms with Crippen LogP contribution in [-0.2, 0) is 4.79 Å². The van der Waals surface area contributed by atoms with Crippen molar-refractivity contribution in [3.05, 3.63) is 13.2 Å². The van der Waals surface area contributed by atoms with Gasteiger partial charge in [0.1, 0.15) is 5.78 Å². The highest BCUT2D eigenvalue weighted by atomic mass is 16.1. The predicted molar refractivity (Wildman–Crippen MR) is 27.6 cm³/mol. The van der Waals surface area contributed by atoms with Crippen LogP contribution in [0.4, 0.5) is 0 Å². The van der Waals surface area contributed by atoms with Crippen molar-refractivity contribution in [2.45, 2.75) is 13.8 Å².